The second-order valence-electron chi connectivity index (χ2n) is 2.46. The van der Waals surface area contributed by atoms with Crippen LogP contribution >= 0.6 is 0 Å². The Hall–Kier alpha value is -1.33. The molecule has 1 atom stereocenters. The molecule has 0 radical (unpaired) electrons. The fraction of sp³-hybridized carbons (Fsp3) is 0. The molecule has 2 aromatic rings. The molecule has 0 aliphatic carbocycles. The van der Waals surface area contributed by atoms with E-state index in [1.54, 1.807) is 24.5 Å². The molecule has 2 heterocycles. The normalized spacial score (nSPS) is 13.0. The zero-order chi connectivity index (χ0) is 9.26. The van der Waals surface area contributed by atoms with Gasteiger partial charge in [0.15, 0.2) is 5.03 Å². The lowest BCUT2D eigenvalue weighted by Crippen LogP contribution is -1.93. The Morgan fingerprint density at radius 2 is 2.15 bits per heavy atom. The molecule has 0 saturated heterocycles. The van der Waals surface area contributed by atoms with Gasteiger partial charge in [0, 0.05) is 29.4 Å². The van der Waals surface area contributed by atoms with Gasteiger partial charge in [-0.15, -0.1) is 0 Å². The quantitative estimate of drug-likeness (QED) is 0.693. The van der Waals surface area contributed by atoms with E-state index in [1.165, 1.54) is 6.20 Å². The van der Waals surface area contributed by atoms with Gasteiger partial charge in [-0.1, -0.05) is 0 Å². The van der Waals surface area contributed by atoms with Crippen LogP contribution in [0.15, 0.2) is 35.7 Å². The van der Waals surface area contributed by atoms with Crippen LogP contribution in [-0.2, 0) is 11.1 Å². The highest BCUT2D eigenvalue weighted by Gasteiger charge is 2.06. The van der Waals surface area contributed by atoms with E-state index in [1.807, 2.05) is 0 Å². The lowest BCUT2D eigenvalue weighted by molar-refractivity contribution is 0.562. The van der Waals surface area contributed by atoms with Gasteiger partial charge in [-0.2, -0.15) is 0 Å². The van der Waals surface area contributed by atoms with Gasteiger partial charge >= 0.3 is 0 Å². The van der Waals surface area contributed by atoms with Crippen LogP contribution in [0.1, 0.15) is 0 Å². The van der Waals surface area contributed by atoms with Crippen molar-refractivity contribution in [2.24, 2.45) is 0 Å². The summed E-state index contributed by atoms with van der Waals surface area (Å²) in [6.45, 7) is 0. The van der Waals surface area contributed by atoms with Gasteiger partial charge in [-0.05, 0) is 12.1 Å². The number of aromatic nitrogens is 2. The Morgan fingerprint density at radius 3 is 2.92 bits per heavy atom. The first-order chi connectivity index (χ1) is 6.29. The Labute approximate surface area is 76.9 Å². The highest BCUT2D eigenvalue weighted by Crippen LogP contribution is 2.16. The molecule has 0 amide bonds. The predicted molar refractivity (Wildman–Crippen MR) is 48.6 cm³/mol. The predicted octanol–water partition coefficient (Wildman–Crippen LogP) is 1.21. The van der Waals surface area contributed by atoms with Crippen molar-refractivity contribution in [3.8, 4) is 0 Å². The highest BCUT2D eigenvalue weighted by molar-refractivity contribution is 7.79. The van der Waals surface area contributed by atoms with Crippen molar-refractivity contribution in [2.75, 3.05) is 0 Å². The first-order valence-electron chi connectivity index (χ1n) is 3.58. The minimum Gasteiger partial charge on any atom is -0.301 e. The SMILES string of the molecule is O=S(O)c1nccc2cnccc12. The summed E-state index contributed by atoms with van der Waals surface area (Å²) in [5.74, 6) is 0. The Kier molecular flexibility index (Phi) is 2.03. The third-order valence-corrected chi connectivity index (χ3v) is 2.35. The lowest BCUT2D eigenvalue weighted by atomic mass is 10.2. The number of pyridine rings is 2. The van der Waals surface area contributed by atoms with Crippen molar-refractivity contribution < 1.29 is 8.76 Å². The van der Waals surface area contributed by atoms with Crippen LogP contribution in [-0.4, -0.2) is 18.7 Å². The Balaban J connectivity index is 2.83. The molecule has 0 fully saturated rings. The van der Waals surface area contributed by atoms with E-state index >= 15 is 0 Å². The summed E-state index contributed by atoms with van der Waals surface area (Å²) in [4.78, 5) is 7.73. The number of hydrogen-bond donors (Lipinski definition) is 1. The highest BCUT2D eigenvalue weighted by atomic mass is 32.2. The van der Waals surface area contributed by atoms with Crippen LogP contribution in [0.5, 0.6) is 0 Å². The number of hydrogen-bond acceptors (Lipinski definition) is 3. The van der Waals surface area contributed by atoms with Gasteiger partial charge in [0.05, 0.1) is 0 Å². The lowest BCUT2D eigenvalue weighted by Gasteiger charge is -1.99. The molecular weight excluding hydrogens is 188 g/mol. The monoisotopic (exact) mass is 194 g/mol. The summed E-state index contributed by atoms with van der Waals surface area (Å²) < 4.78 is 19.8. The fourth-order valence-corrected chi connectivity index (χ4v) is 1.65. The molecule has 0 saturated carbocycles. The van der Waals surface area contributed by atoms with E-state index < -0.39 is 11.1 Å². The molecule has 1 unspecified atom stereocenters. The zero-order valence-electron chi connectivity index (χ0n) is 6.54. The molecule has 1 N–H and O–H groups in total. The molecule has 0 spiro atoms. The molecule has 0 bridgehead atoms. The zero-order valence-corrected chi connectivity index (χ0v) is 7.36. The topological polar surface area (TPSA) is 63.1 Å². The van der Waals surface area contributed by atoms with Gasteiger partial charge in [0.25, 0.3) is 0 Å². The van der Waals surface area contributed by atoms with Crippen LogP contribution in [0.25, 0.3) is 10.8 Å². The van der Waals surface area contributed by atoms with E-state index in [9.17, 15) is 4.21 Å². The molecule has 5 heteroatoms. The summed E-state index contributed by atoms with van der Waals surface area (Å²) >= 11 is -2.04. The molecule has 0 aliphatic rings. The molecule has 13 heavy (non-hydrogen) atoms. The number of fused-ring (bicyclic) bond motifs is 1. The summed E-state index contributed by atoms with van der Waals surface area (Å²) in [5, 5.41) is 1.66. The van der Waals surface area contributed by atoms with Crippen molar-refractivity contribution in [3.05, 3.63) is 30.7 Å². The largest absolute Gasteiger partial charge is 0.301 e. The first kappa shape index (κ1) is 8.28. The maximum absolute atomic E-state index is 10.8. The summed E-state index contributed by atoms with van der Waals surface area (Å²) in [6.07, 6.45) is 4.70. The molecular formula is C8H6N2O2S. The van der Waals surface area contributed by atoms with Crippen LogP contribution < -0.4 is 0 Å². The smallest absolute Gasteiger partial charge is 0.206 e. The fourth-order valence-electron chi connectivity index (χ4n) is 1.13. The van der Waals surface area contributed by atoms with Crippen molar-refractivity contribution in [3.63, 3.8) is 0 Å². The Morgan fingerprint density at radius 1 is 1.31 bits per heavy atom. The second kappa shape index (κ2) is 3.20. The first-order valence-corrected chi connectivity index (χ1v) is 4.69. The third kappa shape index (κ3) is 1.43. The minimum atomic E-state index is -2.04. The minimum absolute atomic E-state index is 0.180. The third-order valence-electron chi connectivity index (χ3n) is 1.69. The molecule has 66 valence electrons. The van der Waals surface area contributed by atoms with Gasteiger partial charge in [-0.25, -0.2) is 9.19 Å². The molecule has 0 aromatic carbocycles. The molecule has 4 nitrogen and oxygen atoms in total. The summed E-state index contributed by atoms with van der Waals surface area (Å²) in [5.41, 5.74) is 0. The van der Waals surface area contributed by atoms with Crippen LogP contribution in [0.4, 0.5) is 0 Å². The van der Waals surface area contributed by atoms with Crippen molar-refractivity contribution in [1.29, 1.82) is 0 Å². The second-order valence-corrected chi connectivity index (χ2v) is 3.35. The van der Waals surface area contributed by atoms with E-state index in [2.05, 4.69) is 9.97 Å². The van der Waals surface area contributed by atoms with Crippen molar-refractivity contribution >= 4 is 21.9 Å². The Bertz CT molecular complexity index is 467. The van der Waals surface area contributed by atoms with Crippen LogP contribution in [0.2, 0.25) is 0 Å². The van der Waals surface area contributed by atoms with E-state index in [0.717, 1.165) is 5.39 Å². The maximum atomic E-state index is 10.8. The van der Waals surface area contributed by atoms with Gasteiger partial charge in [0.1, 0.15) is 0 Å². The number of rotatable bonds is 1. The van der Waals surface area contributed by atoms with E-state index in [-0.39, 0.29) is 5.03 Å². The van der Waals surface area contributed by atoms with Gasteiger partial charge < -0.3 is 4.55 Å². The molecule has 2 rings (SSSR count). The molecule has 2 aromatic heterocycles. The van der Waals surface area contributed by atoms with Crippen LogP contribution in [0, 0.1) is 0 Å². The maximum Gasteiger partial charge on any atom is 0.206 e. The standard InChI is InChI=1S/C8H6N2O2S/c11-13(12)8-7-2-3-9-5-6(7)1-4-10-8/h1-5H,(H,11,12). The van der Waals surface area contributed by atoms with Crippen LogP contribution in [0.3, 0.4) is 0 Å². The average Bonchev–Trinajstić information content (AvgIpc) is 2.17. The van der Waals surface area contributed by atoms with E-state index in [4.69, 9.17) is 4.55 Å². The number of nitrogens with zero attached hydrogens (tertiary/aromatic N) is 2. The van der Waals surface area contributed by atoms with Crippen molar-refractivity contribution in [2.45, 2.75) is 5.03 Å². The summed E-state index contributed by atoms with van der Waals surface area (Å²) in [6, 6.07) is 3.42. The van der Waals surface area contributed by atoms with E-state index in [0.29, 0.717) is 5.39 Å². The van der Waals surface area contributed by atoms with Gasteiger partial charge in [0.2, 0.25) is 11.1 Å². The molecule has 0 aliphatic heterocycles. The summed E-state index contributed by atoms with van der Waals surface area (Å²) in [7, 11) is 0. The average molecular weight is 194 g/mol. The van der Waals surface area contributed by atoms with Gasteiger partial charge in [-0.3, -0.25) is 4.98 Å². The van der Waals surface area contributed by atoms with Crippen molar-refractivity contribution in [1.82, 2.24) is 9.97 Å².